The van der Waals surface area contributed by atoms with Crippen LogP contribution in [0.1, 0.15) is 19.4 Å². The Morgan fingerprint density at radius 2 is 1.89 bits per heavy atom. The first-order valence-electron chi connectivity index (χ1n) is 8.77. The highest BCUT2D eigenvalue weighted by Crippen LogP contribution is 2.19. The zero-order chi connectivity index (χ0) is 19.2. The molecular weight excluding hydrogens is 360 g/mol. The van der Waals surface area contributed by atoms with Gasteiger partial charge in [0.2, 0.25) is 17.1 Å². The lowest BCUT2D eigenvalue weighted by molar-refractivity contribution is 0.681. The number of rotatable bonds is 8. The molecule has 0 fully saturated rings. The maximum atomic E-state index is 4.50. The minimum atomic E-state index is 0.444. The Hall–Kier alpha value is -2.68. The van der Waals surface area contributed by atoms with Crippen molar-refractivity contribution in [3.8, 4) is 5.95 Å². The molecular formula is C18H24N8S. The van der Waals surface area contributed by atoms with Crippen molar-refractivity contribution in [1.29, 1.82) is 0 Å². The predicted octanol–water partition coefficient (Wildman–Crippen LogP) is 2.88. The number of thioether (sulfide) groups is 1. The largest absolute Gasteiger partial charge is 0.354 e. The summed E-state index contributed by atoms with van der Waals surface area (Å²) in [6.07, 6.45) is 1.63. The monoisotopic (exact) mass is 384 g/mol. The minimum Gasteiger partial charge on any atom is -0.354 e. The van der Waals surface area contributed by atoms with Crippen molar-refractivity contribution in [2.45, 2.75) is 24.8 Å². The second-order valence-corrected chi connectivity index (χ2v) is 7.62. The van der Waals surface area contributed by atoms with Crippen LogP contribution in [-0.2, 0) is 5.75 Å². The van der Waals surface area contributed by atoms with Crippen molar-refractivity contribution in [2.24, 2.45) is 5.92 Å². The van der Waals surface area contributed by atoms with E-state index in [0.29, 0.717) is 28.9 Å². The molecule has 0 unspecified atom stereocenters. The highest BCUT2D eigenvalue weighted by molar-refractivity contribution is 7.98. The van der Waals surface area contributed by atoms with Gasteiger partial charge < -0.3 is 10.2 Å². The average molecular weight is 385 g/mol. The smallest absolute Gasteiger partial charge is 0.258 e. The van der Waals surface area contributed by atoms with E-state index in [4.69, 9.17) is 0 Å². The molecule has 0 aliphatic rings. The van der Waals surface area contributed by atoms with Crippen molar-refractivity contribution in [2.75, 3.05) is 30.9 Å². The van der Waals surface area contributed by atoms with E-state index in [1.165, 1.54) is 5.56 Å². The Morgan fingerprint density at radius 3 is 2.59 bits per heavy atom. The third-order valence-electron chi connectivity index (χ3n) is 3.57. The lowest BCUT2D eigenvalue weighted by atomic mass is 10.2. The van der Waals surface area contributed by atoms with Crippen LogP contribution in [0.5, 0.6) is 0 Å². The summed E-state index contributed by atoms with van der Waals surface area (Å²) in [5, 5.41) is 8.43. The Balaban J connectivity index is 1.77. The molecule has 2 aromatic heterocycles. The molecule has 1 aromatic carbocycles. The summed E-state index contributed by atoms with van der Waals surface area (Å²) in [4.78, 5) is 19.6. The minimum absolute atomic E-state index is 0.444. The molecule has 3 aromatic rings. The van der Waals surface area contributed by atoms with Crippen LogP contribution in [0.25, 0.3) is 5.95 Å². The molecule has 0 bridgehead atoms. The van der Waals surface area contributed by atoms with E-state index < -0.39 is 0 Å². The van der Waals surface area contributed by atoms with Gasteiger partial charge in [-0.15, -0.1) is 5.10 Å². The number of benzene rings is 1. The molecule has 142 valence electrons. The van der Waals surface area contributed by atoms with Crippen LogP contribution in [0, 0.1) is 5.92 Å². The number of nitrogens with zero attached hydrogens (tertiary/aromatic N) is 7. The molecule has 0 saturated heterocycles. The molecule has 0 aliphatic heterocycles. The zero-order valence-corrected chi connectivity index (χ0v) is 16.8. The molecule has 0 spiro atoms. The Morgan fingerprint density at radius 1 is 1.11 bits per heavy atom. The van der Waals surface area contributed by atoms with Crippen LogP contribution in [0.3, 0.4) is 0 Å². The number of aromatic nitrogens is 6. The topological polar surface area (TPSA) is 84.7 Å². The lowest BCUT2D eigenvalue weighted by Gasteiger charge is -2.14. The fourth-order valence-electron chi connectivity index (χ4n) is 2.16. The van der Waals surface area contributed by atoms with Gasteiger partial charge in [0.1, 0.15) is 6.33 Å². The van der Waals surface area contributed by atoms with Crippen molar-refractivity contribution < 1.29 is 0 Å². The van der Waals surface area contributed by atoms with E-state index in [2.05, 4.69) is 56.3 Å². The molecule has 0 saturated carbocycles. The summed E-state index contributed by atoms with van der Waals surface area (Å²) in [6, 6.07) is 10.2. The van der Waals surface area contributed by atoms with Gasteiger partial charge in [-0.1, -0.05) is 55.9 Å². The lowest BCUT2D eigenvalue weighted by Crippen LogP contribution is -2.19. The van der Waals surface area contributed by atoms with Gasteiger partial charge in [0, 0.05) is 26.4 Å². The molecule has 0 aliphatic carbocycles. The summed E-state index contributed by atoms with van der Waals surface area (Å²) in [5.41, 5.74) is 1.23. The van der Waals surface area contributed by atoms with Crippen LogP contribution in [0.2, 0.25) is 0 Å². The molecule has 3 rings (SSSR count). The van der Waals surface area contributed by atoms with Gasteiger partial charge in [-0.2, -0.15) is 19.6 Å². The van der Waals surface area contributed by atoms with Gasteiger partial charge in [-0.3, -0.25) is 0 Å². The predicted molar refractivity (Wildman–Crippen MR) is 108 cm³/mol. The van der Waals surface area contributed by atoms with Gasteiger partial charge in [-0.05, 0) is 11.5 Å². The Labute approximate surface area is 163 Å². The van der Waals surface area contributed by atoms with Crippen LogP contribution < -0.4 is 10.2 Å². The van der Waals surface area contributed by atoms with Gasteiger partial charge in [0.05, 0.1) is 0 Å². The number of hydrogen-bond acceptors (Lipinski definition) is 8. The van der Waals surface area contributed by atoms with Crippen molar-refractivity contribution in [3.63, 3.8) is 0 Å². The summed E-state index contributed by atoms with van der Waals surface area (Å²) < 4.78 is 1.59. The third kappa shape index (κ3) is 5.40. The van der Waals surface area contributed by atoms with Crippen molar-refractivity contribution >= 4 is 23.7 Å². The van der Waals surface area contributed by atoms with Gasteiger partial charge in [0.15, 0.2) is 0 Å². The first-order chi connectivity index (χ1) is 13.0. The molecule has 2 heterocycles. The fourth-order valence-corrected chi connectivity index (χ4v) is 2.92. The quantitative estimate of drug-likeness (QED) is 0.594. The fraction of sp³-hybridized carbons (Fsp3) is 0.389. The van der Waals surface area contributed by atoms with E-state index in [0.717, 1.165) is 12.3 Å². The SMILES string of the molecule is CC(C)CNc1nc(N(C)C)nc(-n2cnc(SCc3ccccc3)n2)n1. The van der Waals surface area contributed by atoms with Crippen LogP contribution in [0.15, 0.2) is 41.8 Å². The average Bonchev–Trinajstić information content (AvgIpc) is 3.14. The molecule has 0 radical (unpaired) electrons. The van der Waals surface area contributed by atoms with E-state index >= 15 is 0 Å². The zero-order valence-electron chi connectivity index (χ0n) is 16.0. The molecule has 0 atom stereocenters. The number of nitrogens with one attached hydrogen (secondary N) is 1. The highest BCUT2D eigenvalue weighted by atomic mass is 32.2. The maximum absolute atomic E-state index is 4.50. The maximum Gasteiger partial charge on any atom is 0.258 e. The summed E-state index contributed by atoms with van der Waals surface area (Å²) in [6.45, 7) is 5.05. The second-order valence-electron chi connectivity index (χ2n) is 6.67. The number of hydrogen-bond donors (Lipinski definition) is 1. The van der Waals surface area contributed by atoms with E-state index in [1.807, 2.05) is 37.2 Å². The molecule has 0 amide bonds. The molecule has 1 N–H and O–H groups in total. The standard InChI is InChI=1S/C18H24N8S/c1-13(2)10-19-15-21-16(25(3)4)23-17(22-15)26-12-20-18(24-26)27-11-14-8-6-5-7-9-14/h5-9,12-13H,10-11H2,1-4H3,(H,19,21,22,23). The molecule has 8 nitrogen and oxygen atoms in total. The first kappa shape index (κ1) is 19.1. The summed E-state index contributed by atoms with van der Waals surface area (Å²) in [5.74, 6) is 2.85. The van der Waals surface area contributed by atoms with E-state index in [1.54, 1.807) is 22.8 Å². The van der Waals surface area contributed by atoms with E-state index in [9.17, 15) is 0 Å². The normalized spacial score (nSPS) is 11.0. The van der Waals surface area contributed by atoms with Gasteiger partial charge in [-0.25, -0.2) is 4.98 Å². The third-order valence-corrected chi connectivity index (χ3v) is 4.49. The van der Waals surface area contributed by atoms with Crippen molar-refractivity contribution in [1.82, 2.24) is 29.7 Å². The van der Waals surface area contributed by atoms with Crippen LogP contribution in [0.4, 0.5) is 11.9 Å². The van der Waals surface area contributed by atoms with Crippen LogP contribution >= 0.6 is 11.8 Å². The number of anilines is 2. The Bertz CT molecular complexity index is 863. The summed E-state index contributed by atoms with van der Waals surface area (Å²) in [7, 11) is 3.79. The van der Waals surface area contributed by atoms with Crippen molar-refractivity contribution in [3.05, 3.63) is 42.2 Å². The highest BCUT2D eigenvalue weighted by Gasteiger charge is 2.12. The van der Waals surface area contributed by atoms with Crippen LogP contribution in [-0.4, -0.2) is 50.4 Å². The molecule has 9 heteroatoms. The first-order valence-corrected chi connectivity index (χ1v) is 9.76. The molecule has 27 heavy (non-hydrogen) atoms. The van der Waals surface area contributed by atoms with E-state index in [-0.39, 0.29) is 0 Å². The second kappa shape index (κ2) is 8.81. The summed E-state index contributed by atoms with van der Waals surface area (Å²) >= 11 is 1.58. The Kier molecular flexibility index (Phi) is 6.23. The van der Waals surface area contributed by atoms with Gasteiger partial charge >= 0.3 is 0 Å². The van der Waals surface area contributed by atoms with Gasteiger partial charge in [0.25, 0.3) is 5.95 Å².